The number of para-hydroxylation sites is 4. The van der Waals surface area contributed by atoms with Crippen LogP contribution in [0.5, 0.6) is 0 Å². The van der Waals surface area contributed by atoms with Crippen LogP contribution in [0.3, 0.4) is 0 Å². The quantitative estimate of drug-likeness (QED) is 0.245. The minimum atomic E-state index is 0.581. The maximum Gasteiger partial charge on any atom is 0.238 e. The predicted octanol–water partition coefficient (Wildman–Crippen LogP) is 4.26. The number of rotatable bonds is 5. The molecule has 0 saturated heterocycles. The summed E-state index contributed by atoms with van der Waals surface area (Å²) in [6.07, 6.45) is 0. The van der Waals surface area contributed by atoms with Gasteiger partial charge >= 0.3 is 0 Å². The summed E-state index contributed by atoms with van der Waals surface area (Å²) in [5, 5.41) is 6.74. The number of benzene rings is 8. The van der Waals surface area contributed by atoms with Crippen molar-refractivity contribution in [3.63, 3.8) is 0 Å². The summed E-state index contributed by atoms with van der Waals surface area (Å²) in [5.41, 5.74) is 17.4. The van der Waals surface area contributed by atoms with E-state index in [1.165, 1.54) is 49.2 Å². The van der Waals surface area contributed by atoms with Crippen LogP contribution in [0.4, 0.5) is 0 Å². The van der Waals surface area contributed by atoms with Crippen molar-refractivity contribution >= 4 is 132 Å². The minimum Gasteiger partial charge on any atom is -0.454 e. The molecular weight excluding hydrogens is 753 g/mol. The van der Waals surface area contributed by atoms with Crippen LogP contribution in [0.15, 0.2) is 162 Å². The number of aromatic nitrogens is 5. The van der Waals surface area contributed by atoms with E-state index in [1.54, 1.807) is 0 Å². The smallest absolute Gasteiger partial charge is 0.238 e. The molecular formula is C51H36B5N5O. The van der Waals surface area contributed by atoms with Crippen LogP contribution in [-0.4, -0.2) is 63.3 Å². The molecule has 12 aromatic rings. The summed E-state index contributed by atoms with van der Waals surface area (Å²) in [7, 11) is 11.0. The van der Waals surface area contributed by atoms with Gasteiger partial charge in [-0.2, -0.15) is 9.97 Å². The summed E-state index contributed by atoms with van der Waals surface area (Å²) in [4.78, 5) is 16.0. The minimum absolute atomic E-state index is 0.581. The number of nitrogens with zero attached hydrogens (tertiary/aromatic N) is 5. The third-order valence-electron chi connectivity index (χ3n) is 13.4. The Kier molecular flexibility index (Phi) is 8.07. The Morgan fingerprint density at radius 2 is 0.919 bits per heavy atom. The van der Waals surface area contributed by atoms with Crippen molar-refractivity contribution < 1.29 is 4.42 Å². The second-order valence-electron chi connectivity index (χ2n) is 16.6. The first kappa shape index (κ1) is 36.4. The molecule has 8 aromatic carbocycles. The molecule has 0 aliphatic rings. The second kappa shape index (κ2) is 13.8. The molecule has 62 heavy (non-hydrogen) atoms. The van der Waals surface area contributed by atoms with Crippen molar-refractivity contribution in [1.82, 2.24) is 24.1 Å². The van der Waals surface area contributed by atoms with E-state index < -0.39 is 0 Å². The number of hydrogen-bond donors (Lipinski definition) is 0. The van der Waals surface area contributed by atoms with Crippen LogP contribution < -0.4 is 27.3 Å². The Morgan fingerprint density at radius 3 is 1.60 bits per heavy atom. The highest BCUT2D eigenvalue weighted by atomic mass is 16.3. The van der Waals surface area contributed by atoms with Gasteiger partial charge in [0, 0.05) is 43.4 Å². The van der Waals surface area contributed by atoms with E-state index in [1.807, 2.05) is 0 Å². The highest BCUT2D eigenvalue weighted by molar-refractivity contribution is 6.68. The lowest BCUT2D eigenvalue weighted by molar-refractivity contribution is 0.666. The van der Waals surface area contributed by atoms with Gasteiger partial charge in [0.2, 0.25) is 5.95 Å². The summed E-state index contributed by atoms with van der Waals surface area (Å²) >= 11 is 0. The fourth-order valence-corrected chi connectivity index (χ4v) is 9.82. The van der Waals surface area contributed by atoms with Gasteiger partial charge < -0.3 is 8.98 Å². The first-order chi connectivity index (χ1) is 30.3. The van der Waals surface area contributed by atoms with Gasteiger partial charge in [-0.3, -0.25) is 4.57 Å². The lowest BCUT2D eigenvalue weighted by Crippen LogP contribution is -2.55. The van der Waals surface area contributed by atoms with Gasteiger partial charge in [0.25, 0.3) is 0 Å². The fourth-order valence-electron chi connectivity index (χ4n) is 9.82. The Morgan fingerprint density at radius 1 is 0.371 bits per heavy atom. The SMILES string of the molecule is Bc1c(B)c(B)c(-c2nc(-c3ccc4oc5c(-n6c7ccccc7c7ccc(-c8ccccc8)cc76)cccc5c4c3)nc(-n3c4ccccc4c4ccccc43)n2)c(B)c1B. The largest absolute Gasteiger partial charge is 0.454 e. The van der Waals surface area contributed by atoms with Crippen molar-refractivity contribution in [1.29, 1.82) is 0 Å². The zero-order valence-corrected chi connectivity index (χ0v) is 35.2. The van der Waals surface area contributed by atoms with Crippen molar-refractivity contribution in [2.24, 2.45) is 0 Å². The summed E-state index contributed by atoms with van der Waals surface area (Å²) < 4.78 is 11.4. The molecule has 4 heterocycles. The van der Waals surface area contributed by atoms with Crippen LogP contribution in [0, 0.1) is 0 Å². The topological polar surface area (TPSA) is 61.7 Å². The monoisotopic (exact) mass is 789 g/mol. The summed E-state index contributed by atoms with van der Waals surface area (Å²) in [6, 6.07) is 55.8. The maximum atomic E-state index is 6.87. The highest BCUT2D eigenvalue weighted by Gasteiger charge is 2.23. The van der Waals surface area contributed by atoms with Crippen LogP contribution in [0.25, 0.3) is 111 Å². The molecule has 12 rings (SSSR count). The van der Waals surface area contributed by atoms with Gasteiger partial charge in [-0.15, -0.1) is 16.4 Å². The molecule has 6 nitrogen and oxygen atoms in total. The standard InChI is InChI=1S/C51H36B5N5O/c52-43-42(44(53)46(55)47(56)45(43)54)50-57-49(58-51(59-50)61-37-18-8-5-13-30(37)31-14-6-9-19-38(31)61)29-22-24-41-35(25-29)34-16-10-20-39(48(34)62-41)60-36-17-7-4-15-32(36)33-23-21-28(26-40(33)60)27-11-2-1-3-12-27/h1-26H,52-56H2. The lowest BCUT2D eigenvalue weighted by Gasteiger charge is -2.20. The van der Waals surface area contributed by atoms with E-state index in [4.69, 9.17) is 19.4 Å². The number of hydrogen-bond acceptors (Lipinski definition) is 4. The molecule has 286 valence electrons. The zero-order valence-electron chi connectivity index (χ0n) is 35.2. The zero-order chi connectivity index (χ0) is 41.8. The molecule has 0 bridgehead atoms. The molecule has 0 aliphatic heterocycles. The predicted molar refractivity (Wildman–Crippen MR) is 273 cm³/mol. The van der Waals surface area contributed by atoms with Gasteiger partial charge in [-0.1, -0.05) is 120 Å². The van der Waals surface area contributed by atoms with E-state index in [0.717, 1.165) is 71.6 Å². The van der Waals surface area contributed by atoms with Crippen LogP contribution in [0.1, 0.15) is 0 Å². The van der Waals surface area contributed by atoms with Gasteiger partial charge in [-0.25, -0.2) is 4.98 Å². The molecule has 0 radical (unpaired) electrons. The molecule has 0 aliphatic carbocycles. The fraction of sp³-hybridized carbons (Fsp3) is 0. The van der Waals surface area contributed by atoms with E-state index in [-0.39, 0.29) is 0 Å². The molecule has 0 amide bonds. The Balaban J connectivity index is 1.09. The molecule has 4 aromatic heterocycles. The highest BCUT2D eigenvalue weighted by Crippen LogP contribution is 2.40. The molecule has 0 fully saturated rings. The Hall–Kier alpha value is -7.51. The second-order valence-corrected chi connectivity index (χ2v) is 16.6. The van der Waals surface area contributed by atoms with E-state index in [9.17, 15) is 0 Å². The summed E-state index contributed by atoms with van der Waals surface area (Å²) in [6.45, 7) is 0. The van der Waals surface area contributed by atoms with Crippen molar-refractivity contribution in [2.75, 3.05) is 0 Å². The molecule has 0 atom stereocenters. The third-order valence-corrected chi connectivity index (χ3v) is 13.4. The van der Waals surface area contributed by atoms with Crippen molar-refractivity contribution in [3.8, 4) is 45.5 Å². The Bertz CT molecular complexity index is 3750. The average molecular weight is 789 g/mol. The first-order valence-electron chi connectivity index (χ1n) is 21.2. The number of furan rings is 1. The van der Waals surface area contributed by atoms with Crippen molar-refractivity contribution in [2.45, 2.75) is 0 Å². The first-order valence-corrected chi connectivity index (χ1v) is 21.2. The average Bonchev–Trinajstić information content (AvgIpc) is 3.98. The number of fused-ring (bicyclic) bond motifs is 9. The molecule has 0 saturated carbocycles. The van der Waals surface area contributed by atoms with E-state index >= 15 is 0 Å². The van der Waals surface area contributed by atoms with E-state index in [0.29, 0.717) is 17.6 Å². The third kappa shape index (κ3) is 5.34. The normalized spacial score (nSPS) is 11.9. The van der Waals surface area contributed by atoms with Gasteiger partial charge in [0.05, 0.1) is 27.8 Å². The van der Waals surface area contributed by atoms with Gasteiger partial charge in [-0.05, 0) is 59.7 Å². The molecule has 0 N–H and O–H groups in total. The van der Waals surface area contributed by atoms with Crippen molar-refractivity contribution in [3.05, 3.63) is 158 Å². The lowest BCUT2D eigenvalue weighted by atomic mass is 9.60. The van der Waals surface area contributed by atoms with Crippen LogP contribution in [0.2, 0.25) is 0 Å². The summed E-state index contributed by atoms with van der Waals surface area (Å²) in [5.74, 6) is 1.84. The van der Waals surface area contributed by atoms with Gasteiger partial charge in [0.15, 0.2) is 17.2 Å². The maximum absolute atomic E-state index is 6.87. The molecule has 11 heteroatoms. The molecule has 0 spiro atoms. The van der Waals surface area contributed by atoms with Gasteiger partial charge in [0.1, 0.15) is 44.8 Å². The molecule has 0 unspecified atom stereocenters. The Labute approximate surface area is 362 Å². The van der Waals surface area contributed by atoms with Crippen LogP contribution in [-0.2, 0) is 0 Å². The van der Waals surface area contributed by atoms with Crippen LogP contribution >= 0.6 is 0 Å². The van der Waals surface area contributed by atoms with E-state index in [2.05, 4.69) is 206 Å².